The van der Waals surface area contributed by atoms with Gasteiger partial charge in [-0.25, -0.2) is 4.79 Å². The van der Waals surface area contributed by atoms with Gasteiger partial charge in [0, 0.05) is 13.0 Å². The molecule has 4 nitrogen and oxygen atoms in total. The topological polar surface area (TPSA) is 66.4 Å². The quantitative estimate of drug-likeness (QED) is 0.790. The highest BCUT2D eigenvalue weighted by molar-refractivity contribution is 5.87. The number of carboxylic acids is 1. The van der Waals surface area contributed by atoms with Gasteiger partial charge in [-0.2, -0.15) is 0 Å². The smallest absolute Gasteiger partial charge is 0.335 e. The molecule has 0 spiro atoms. The minimum atomic E-state index is -0.933. The van der Waals surface area contributed by atoms with Gasteiger partial charge in [-0.3, -0.25) is 4.79 Å². The van der Waals surface area contributed by atoms with Gasteiger partial charge >= 0.3 is 5.97 Å². The van der Waals surface area contributed by atoms with Crippen LogP contribution >= 0.6 is 0 Å². The van der Waals surface area contributed by atoms with Gasteiger partial charge in [0.1, 0.15) is 0 Å². The average Bonchev–Trinajstić information content (AvgIpc) is 2.34. The zero-order valence-electron chi connectivity index (χ0n) is 9.90. The van der Waals surface area contributed by atoms with Crippen molar-refractivity contribution >= 4 is 11.9 Å². The molecule has 1 aromatic rings. The SMILES string of the molecule is CCCNC(=O)CCc1ccc(C(=O)O)cc1. The second-order valence-corrected chi connectivity index (χ2v) is 3.85. The molecule has 0 fully saturated rings. The van der Waals surface area contributed by atoms with Crippen LogP contribution in [0.5, 0.6) is 0 Å². The van der Waals surface area contributed by atoms with E-state index in [1.54, 1.807) is 24.3 Å². The second kappa shape index (κ2) is 6.68. The van der Waals surface area contributed by atoms with Gasteiger partial charge in [-0.1, -0.05) is 19.1 Å². The van der Waals surface area contributed by atoms with Crippen LogP contribution in [0, 0.1) is 0 Å². The molecular formula is C13H17NO3. The molecule has 1 amide bonds. The maximum absolute atomic E-state index is 11.3. The highest BCUT2D eigenvalue weighted by Crippen LogP contribution is 2.06. The molecule has 0 saturated carbocycles. The number of benzene rings is 1. The molecule has 4 heteroatoms. The normalized spacial score (nSPS) is 9.94. The summed E-state index contributed by atoms with van der Waals surface area (Å²) in [6.07, 6.45) is 2.00. The lowest BCUT2D eigenvalue weighted by atomic mass is 10.1. The molecular weight excluding hydrogens is 218 g/mol. The molecule has 1 aromatic carbocycles. The number of aryl methyl sites for hydroxylation is 1. The van der Waals surface area contributed by atoms with Crippen molar-refractivity contribution < 1.29 is 14.7 Å². The van der Waals surface area contributed by atoms with Gasteiger partial charge in [0.25, 0.3) is 0 Å². The Morgan fingerprint density at radius 1 is 1.24 bits per heavy atom. The van der Waals surface area contributed by atoms with Crippen LogP contribution in [-0.4, -0.2) is 23.5 Å². The molecule has 0 aliphatic rings. The van der Waals surface area contributed by atoms with Gasteiger partial charge < -0.3 is 10.4 Å². The van der Waals surface area contributed by atoms with E-state index < -0.39 is 5.97 Å². The number of rotatable bonds is 6. The van der Waals surface area contributed by atoms with Crippen LogP contribution in [-0.2, 0) is 11.2 Å². The molecule has 2 N–H and O–H groups in total. The third kappa shape index (κ3) is 4.68. The van der Waals surface area contributed by atoms with Crippen molar-refractivity contribution in [2.24, 2.45) is 0 Å². The third-order valence-electron chi connectivity index (χ3n) is 2.41. The van der Waals surface area contributed by atoms with Crippen LogP contribution in [0.15, 0.2) is 24.3 Å². The zero-order valence-corrected chi connectivity index (χ0v) is 9.90. The monoisotopic (exact) mass is 235 g/mol. The van der Waals surface area contributed by atoms with Crippen LogP contribution < -0.4 is 5.32 Å². The van der Waals surface area contributed by atoms with Crippen molar-refractivity contribution in [1.29, 1.82) is 0 Å². The Bertz CT molecular complexity index is 384. The minimum Gasteiger partial charge on any atom is -0.478 e. The lowest BCUT2D eigenvalue weighted by Gasteiger charge is -2.04. The second-order valence-electron chi connectivity index (χ2n) is 3.85. The van der Waals surface area contributed by atoms with E-state index in [0.29, 0.717) is 19.4 Å². The van der Waals surface area contributed by atoms with Gasteiger partial charge in [0.2, 0.25) is 5.91 Å². The fraction of sp³-hybridized carbons (Fsp3) is 0.385. The summed E-state index contributed by atoms with van der Waals surface area (Å²) in [5.74, 6) is -0.897. The third-order valence-corrected chi connectivity index (χ3v) is 2.41. The van der Waals surface area contributed by atoms with E-state index in [9.17, 15) is 9.59 Å². The summed E-state index contributed by atoms with van der Waals surface area (Å²) in [5.41, 5.74) is 1.24. The maximum atomic E-state index is 11.3. The van der Waals surface area contributed by atoms with Crippen molar-refractivity contribution in [3.05, 3.63) is 35.4 Å². The molecule has 0 aromatic heterocycles. The largest absolute Gasteiger partial charge is 0.478 e. The molecule has 0 atom stereocenters. The van der Waals surface area contributed by atoms with Crippen LogP contribution in [0.3, 0.4) is 0 Å². The van der Waals surface area contributed by atoms with Crippen LogP contribution in [0.4, 0.5) is 0 Å². The molecule has 0 aliphatic heterocycles. The lowest BCUT2D eigenvalue weighted by Crippen LogP contribution is -2.24. The highest BCUT2D eigenvalue weighted by Gasteiger charge is 2.04. The van der Waals surface area contributed by atoms with Crippen molar-refractivity contribution in [1.82, 2.24) is 5.32 Å². The van der Waals surface area contributed by atoms with E-state index in [0.717, 1.165) is 12.0 Å². The van der Waals surface area contributed by atoms with Crippen molar-refractivity contribution in [2.45, 2.75) is 26.2 Å². The van der Waals surface area contributed by atoms with E-state index in [1.165, 1.54) is 0 Å². The maximum Gasteiger partial charge on any atom is 0.335 e. The average molecular weight is 235 g/mol. The number of carboxylic acid groups (broad SMARTS) is 1. The summed E-state index contributed by atoms with van der Waals surface area (Å²) in [6.45, 7) is 2.71. The number of carbonyl (C=O) groups is 2. The predicted octanol–water partition coefficient (Wildman–Crippen LogP) is 1.84. The molecule has 0 radical (unpaired) electrons. The fourth-order valence-electron chi connectivity index (χ4n) is 1.42. The first kappa shape index (κ1) is 13.2. The summed E-state index contributed by atoms with van der Waals surface area (Å²) in [7, 11) is 0. The number of nitrogens with one attached hydrogen (secondary N) is 1. The first-order chi connectivity index (χ1) is 8.13. The van der Waals surface area contributed by atoms with E-state index >= 15 is 0 Å². The Balaban J connectivity index is 2.42. The molecule has 92 valence electrons. The Hall–Kier alpha value is -1.84. The van der Waals surface area contributed by atoms with E-state index in [-0.39, 0.29) is 11.5 Å². The Labute approximate surface area is 101 Å². The first-order valence-corrected chi connectivity index (χ1v) is 5.72. The van der Waals surface area contributed by atoms with E-state index in [4.69, 9.17) is 5.11 Å². The standard InChI is InChI=1S/C13H17NO3/c1-2-9-14-12(15)8-5-10-3-6-11(7-4-10)13(16)17/h3-4,6-7H,2,5,8-9H2,1H3,(H,14,15)(H,16,17). The van der Waals surface area contributed by atoms with E-state index in [1.807, 2.05) is 6.92 Å². The predicted molar refractivity (Wildman–Crippen MR) is 65.0 cm³/mol. The van der Waals surface area contributed by atoms with Gasteiger partial charge in [0.05, 0.1) is 5.56 Å². The Morgan fingerprint density at radius 3 is 2.41 bits per heavy atom. The van der Waals surface area contributed by atoms with Crippen LogP contribution in [0.25, 0.3) is 0 Å². The minimum absolute atomic E-state index is 0.0363. The number of hydrogen-bond acceptors (Lipinski definition) is 2. The summed E-state index contributed by atoms with van der Waals surface area (Å²) in [5, 5.41) is 11.5. The highest BCUT2D eigenvalue weighted by atomic mass is 16.4. The molecule has 0 bridgehead atoms. The molecule has 0 heterocycles. The van der Waals surface area contributed by atoms with Gasteiger partial charge in [-0.05, 0) is 30.5 Å². The number of aromatic carboxylic acids is 1. The van der Waals surface area contributed by atoms with Crippen molar-refractivity contribution in [3.8, 4) is 0 Å². The molecule has 0 unspecified atom stereocenters. The van der Waals surface area contributed by atoms with Gasteiger partial charge in [-0.15, -0.1) is 0 Å². The van der Waals surface area contributed by atoms with Crippen LogP contribution in [0.1, 0.15) is 35.7 Å². The Kier molecular flexibility index (Phi) is 5.20. The Morgan fingerprint density at radius 2 is 1.88 bits per heavy atom. The first-order valence-electron chi connectivity index (χ1n) is 5.72. The number of amides is 1. The zero-order chi connectivity index (χ0) is 12.7. The van der Waals surface area contributed by atoms with Gasteiger partial charge in [0.15, 0.2) is 0 Å². The lowest BCUT2D eigenvalue weighted by molar-refractivity contribution is -0.121. The summed E-state index contributed by atoms with van der Waals surface area (Å²) in [6, 6.07) is 6.61. The molecule has 1 rings (SSSR count). The van der Waals surface area contributed by atoms with Crippen molar-refractivity contribution in [3.63, 3.8) is 0 Å². The van der Waals surface area contributed by atoms with Crippen LogP contribution in [0.2, 0.25) is 0 Å². The fourth-order valence-corrected chi connectivity index (χ4v) is 1.42. The van der Waals surface area contributed by atoms with Crippen molar-refractivity contribution in [2.75, 3.05) is 6.54 Å². The molecule has 0 aliphatic carbocycles. The summed E-state index contributed by atoms with van der Waals surface area (Å²) < 4.78 is 0. The number of hydrogen-bond donors (Lipinski definition) is 2. The molecule has 17 heavy (non-hydrogen) atoms. The summed E-state index contributed by atoms with van der Waals surface area (Å²) >= 11 is 0. The van der Waals surface area contributed by atoms with E-state index in [2.05, 4.69) is 5.32 Å². The summed E-state index contributed by atoms with van der Waals surface area (Å²) in [4.78, 5) is 22.0. The number of carbonyl (C=O) groups excluding carboxylic acids is 1. The molecule has 0 saturated heterocycles.